The van der Waals surface area contributed by atoms with Crippen molar-refractivity contribution in [3.8, 4) is 5.75 Å². The summed E-state index contributed by atoms with van der Waals surface area (Å²) >= 11 is 3.35. The molecule has 9 aromatic heterocycles. The van der Waals surface area contributed by atoms with E-state index in [9.17, 15) is 8.42 Å². The van der Waals surface area contributed by atoms with Gasteiger partial charge in [0, 0.05) is 97.0 Å². The quantitative estimate of drug-likeness (QED) is 0.0953. The van der Waals surface area contributed by atoms with Crippen LogP contribution in [-0.4, -0.2) is 120 Å². The summed E-state index contributed by atoms with van der Waals surface area (Å²) in [7, 11) is -2.65. The molecule has 0 radical (unpaired) electrons. The molecule has 14 aromatic rings. The number of ether oxygens (including phenoxy) is 1. The Morgan fingerprint density at radius 3 is 1.55 bits per heavy atom. The number of furan rings is 1. The number of hydrogen-bond donors (Lipinski definition) is 5. The third-order valence-corrected chi connectivity index (χ3v) is 30.2. The number of pyridine rings is 5. The number of rotatable bonds is 0. The maximum absolute atomic E-state index is 10.6. The van der Waals surface area contributed by atoms with Gasteiger partial charge in [0.2, 0.25) is 5.71 Å². The van der Waals surface area contributed by atoms with Crippen molar-refractivity contribution in [1.82, 2.24) is 61.5 Å². The van der Waals surface area contributed by atoms with E-state index in [-0.39, 0.29) is 0 Å². The predicted molar refractivity (Wildman–Crippen MR) is 560 cm³/mol. The van der Waals surface area contributed by atoms with Crippen molar-refractivity contribution in [1.29, 1.82) is 0 Å². The number of nitrogens with zero attached hydrogens (tertiary/aromatic N) is 7. The van der Waals surface area contributed by atoms with Crippen molar-refractivity contribution in [2.45, 2.75) is 244 Å². The average molecular weight is 1860 g/mol. The second-order valence-electron chi connectivity index (χ2n) is 37.1. The number of para-hydroxylation sites is 5. The number of hydrogen-bond acceptors (Lipinski definition) is 19. The van der Waals surface area contributed by atoms with Crippen LogP contribution in [0.25, 0.3) is 59.6 Å². The van der Waals surface area contributed by atoms with E-state index in [2.05, 4.69) is 152 Å². The first-order chi connectivity index (χ1) is 66.2. The molecule has 5 N–H and O–H groups in total. The van der Waals surface area contributed by atoms with Gasteiger partial charge in [-0.3, -0.25) is 15.0 Å². The smallest absolute Gasteiger partial charge is 0.225 e. The normalized spacial score (nSPS) is 20.1. The molecule has 29 rings (SSSR count). The number of aryl methyl sites for hydroxylation is 4. The number of thiazole rings is 1. The molecular formula is C114H148N12O5S3. The molecule has 17 nitrogen and oxygen atoms in total. The van der Waals surface area contributed by atoms with Gasteiger partial charge >= 0.3 is 0 Å². The van der Waals surface area contributed by atoms with Gasteiger partial charge in [0.15, 0.2) is 21.8 Å². The highest BCUT2D eigenvalue weighted by molar-refractivity contribution is 7.91. The predicted octanol–water partition coefficient (Wildman–Crippen LogP) is 26.4. The van der Waals surface area contributed by atoms with E-state index >= 15 is 0 Å². The molecule has 4 atom stereocenters. The van der Waals surface area contributed by atoms with Crippen molar-refractivity contribution < 1.29 is 22.0 Å². The number of piperidine rings is 2. The minimum Gasteiger partial charge on any atom is -0.492 e. The number of aromatic nitrogens is 7. The summed E-state index contributed by atoms with van der Waals surface area (Å²) in [4.78, 5) is 30.0. The second kappa shape index (κ2) is 59.3. The van der Waals surface area contributed by atoms with Crippen LogP contribution in [0.4, 0.5) is 0 Å². The summed E-state index contributed by atoms with van der Waals surface area (Å²) in [6.07, 6.45) is 68.5. The number of nitrogens with one attached hydrogen (secondary N) is 5. The SMILES string of the molecule is C1=Cc2cccnc2C1.C1CC1.C1CC2(C1)CCNCC2.C1CC2CC1CN2.C1CC2CNCC2C1.C1CCC1.C1CCCC1.C1CCCCC1.O=S1(=O)CCNCC1.c1ccc2c(c1)CCC2.c1ccc2c(c1)CNCCO2.c1ccc2ncccc2c1.c1ccc2ocnc2c1.c1ccc2scnc2c1.c1cnc2c(c1)CCC2.c1cnc2occc2c1.c1cnc2sccc2c1. The lowest BCUT2D eigenvalue weighted by molar-refractivity contribution is 0.0864. The van der Waals surface area contributed by atoms with Crippen LogP contribution >= 0.6 is 22.7 Å². The topological polar surface area (TPSA) is 220 Å². The highest BCUT2D eigenvalue weighted by Crippen LogP contribution is 2.47. The summed E-state index contributed by atoms with van der Waals surface area (Å²) in [5.41, 5.74) is 17.0. The Hall–Kier alpha value is -9.74. The van der Waals surface area contributed by atoms with E-state index in [1.807, 2.05) is 152 Å². The fraction of sp³-hybridized carbons (Fsp3) is 0.465. The Balaban J connectivity index is 0.000000121. The van der Waals surface area contributed by atoms with Gasteiger partial charge in [-0.05, 0) is 265 Å². The van der Waals surface area contributed by atoms with Gasteiger partial charge in [0.25, 0.3) is 0 Å². The molecule has 11 fully saturated rings. The van der Waals surface area contributed by atoms with Gasteiger partial charge in [-0.25, -0.2) is 28.4 Å². The lowest BCUT2D eigenvalue weighted by atomic mass is 9.63. The summed E-state index contributed by atoms with van der Waals surface area (Å²) in [5.74, 6) is 4.84. The van der Waals surface area contributed by atoms with Crippen LogP contribution in [0.1, 0.15) is 238 Å². The molecule has 5 aliphatic heterocycles. The summed E-state index contributed by atoms with van der Waals surface area (Å²) in [6.45, 7) is 10.4. The van der Waals surface area contributed by atoms with Crippen molar-refractivity contribution >= 4 is 92.1 Å². The highest BCUT2D eigenvalue weighted by atomic mass is 32.2. The molecular weight excluding hydrogens is 1710 g/mol. The average Bonchev–Trinajstić information content (AvgIpc) is 1.71. The maximum Gasteiger partial charge on any atom is 0.225 e. The van der Waals surface area contributed by atoms with Gasteiger partial charge in [0.1, 0.15) is 22.7 Å². The molecule has 20 heteroatoms. The molecule has 4 saturated heterocycles. The molecule has 2 bridgehead atoms. The third-order valence-electron chi connectivity index (χ3n) is 26.9. The molecule has 712 valence electrons. The molecule has 4 unspecified atom stereocenters. The summed E-state index contributed by atoms with van der Waals surface area (Å²) in [5, 5.41) is 22.1. The summed E-state index contributed by atoms with van der Waals surface area (Å²) in [6, 6.07) is 65.8. The standard InChI is InChI=1S/C9H11NO.C9H7N.C9H10.C8H9N.C8H7N.C8H15N.2C7H5NO.2C7H5NS.C7H13N.C6H11N.C6H12.C5H10.C4H9NO2S.C4H8.C3H6/c1-2-4-9-8(3-1)7-10-5-6-11-9;1-2-6-9-8(4-1)5-3-7-10-9;1-2-5-9-7-3-6-8(9)4-1;2*1-3-7-4-2-6-9-8(7)5-1;1-2-8(3-1)4-6-9-7-5-8;1-2-6-3-5-9-7(6)8-4-1;1-2-4-7-6(3-1)8-5-9-7;1-2-6-3-5-9-7(6)8-4-1;1-2-4-7-6(3-1)8-5-9-7;1-2-6-4-8-5-7(6)3-1;1-2-6-3-5(1)4-7-6;1-2-4-6-5-3-1;1-2-4-5-3-1;6-8(7)3-1-5-2-4-8;1-2-4-3-1;1-2-3-1/h1-4,10H,5-7H2;1-7H;1-2,4-5H,3,6-7H2;2,4,6H,1,3,5H2;1-4,6H,5H2;9H,1-7H2;4*1-5H;6-8H,1-5H2;5-7H,1-4H2;1-6H2;1-5H2;5H,1-4H2;1-4H2;1-3H2. The van der Waals surface area contributed by atoms with Crippen LogP contribution < -0.4 is 31.3 Å². The second-order valence-corrected chi connectivity index (χ2v) is 41.2. The van der Waals surface area contributed by atoms with E-state index in [0.717, 1.165) is 93.4 Å². The summed E-state index contributed by atoms with van der Waals surface area (Å²) < 4.78 is 38.0. The molecule has 14 heterocycles. The van der Waals surface area contributed by atoms with Crippen LogP contribution in [0.3, 0.4) is 0 Å². The minimum absolute atomic E-state index is 0.312. The lowest BCUT2D eigenvalue weighted by Crippen LogP contribution is -2.40. The van der Waals surface area contributed by atoms with Gasteiger partial charge < -0.3 is 40.2 Å². The van der Waals surface area contributed by atoms with Gasteiger partial charge in [-0.2, -0.15) is 0 Å². The highest BCUT2D eigenvalue weighted by Gasteiger charge is 2.37. The Kier molecular flexibility index (Phi) is 45.0. The zero-order chi connectivity index (χ0) is 92.1. The fourth-order valence-corrected chi connectivity index (χ4v) is 20.9. The number of sulfone groups is 1. The molecule has 0 amide bonds. The molecule has 15 aliphatic rings. The Morgan fingerprint density at radius 1 is 0.396 bits per heavy atom. The largest absolute Gasteiger partial charge is 0.492 e. The number of fused-ring (bicyclic) bond motifs is 12. The maximum atomic E-state index is 10.6. The van der Waals surface area contributed by atoms with Crippen LogP contribution in [0.2, 0.25) is 0 Å². The van der Waals surface area contributed by atoms with Crippen LogP contribution in [0, 0.1) is 23.2 Å². The van der Waals surface area contributed by atoms with Crippen LogP contribution in [0.5, 0.6) is 5.75 Å². The van der Waals surface area contributed by atoms with Crippen molar-refractivity contribution in [3.63, 3.8) is 0 Å². The van der Waals surface area contributed by atoms with E-state index in [4.69, 9.17) is 13.6 Å². The molecule has 7 saturated carbocycles. The first-order valence-corrected chi connectivity index (χ1v) is 54.3. The van der Waals surface area contributed by atoms with Gasteiger partial charge in [-0.15, -0.1) is 22.7 Å². The van der Waals surface area contributed by atoms with Crippen LogP contribution in [0.15, 0.2) is 264 Å². The first-order valence-electron chi connectivity index (χ1n) is 50.7. The van der Waals surface area contributed by atoms with E-state index in [0.29, 0.717) is 30.3 Å². The van der Waals surface area contributed by atoms with Crippen molar-refractivity contribution in [2.24, 2.45) is 23.2 Å². The van der Waals surface area contributed by atoms with Crippen LogP contribution in [-0.2, 0) is 48.5 Å². The van der Waals surface area contributed by atoms with E-state index in [1.54, 1.807) is 46.3 Å². The third kappa shape index (κ3) is 37.1. The Labute approximate surface area is 807 Å². The van der Waals surface area contributed by atoms with E-state index < -0.39 is 9.84 Å². The van der Waals surface area contributed by atoms with Crippen molar-refractivity contribution in [3.05, 3.63) is 294 Å². The molecule has 134 heavy (non-hydrogen) atoms. The Bertz CT molecular complexity index is 5030. The zero-order valence-electron chi connectivity index (χ0n) is 79.5. The number of allylic oxidation sites excluding steroid dienone is 1. The number of benzene rings is 5. The Morgan fingerprint density at radius 2 is 0.963 bits per heavy atom. The van der Waals surface area contributed by atoms with Gasteiger partial charge in [-0.1, -0.05) is 250 Å². The first kappa shape index (κ1) is 102. The number of thiophene rings is 1. The number of oxazole rings is 1. The lowest BCUT2D eigenvalue weighted by Gasteiger charge is -2.45. The minimum atomic E-state index is -2.65. The van der Waals surface area contributed by atoms with Gasteiger partial charge in [0.05, 0.1) is 44.7 Å². The molecule has 1 spiro atoms. The van der Waals surface area contributed by atoms with Crippen molar-refractivity contribution in [2.75, 3.05) is 70.5 Å². The molecule has 10 aliphatic carbocycles. The fourth-order valence-electron chi connectivity index (χ4n) is 18.3. The van der Waals surface area contributed by atoms with E-state index in [1.165, 1.54) is 307 Å². The zero-order valence-corrected chi connectivity index (χ0v) is 81.9. The molecule has 5 aromatic carbocycles. The monoisotopic (exact) mass is 1860 g/mol.